The molecule has 0 aliphatic carbocycles. The van der Waals surface area contributed by atoms with Crippen molar-refractivity contribution in [3.63, 3.8) is 0 Å². The molecule has 0 radical (unpaired) electrons. The summed E-state index contributed by atoms with van der Waals surface area (Å²) < 4.78 is 4.56. The first-order chi connectivity index (χ1) is 29.8. The van der Waals surface area contributed by atoms with E-state index in [1.54, 1.807) is 0 Å². The maximum absolute atomic E-state index is 5.42. The van der Waals surface area contributed by atoms with Gasteiger partial charge in [0.1, 0.15) is 0 Å². The third-order valence-corrected chi connectivity index (χ3v) is 11.8. The molecule has 0 N–H and O–H groups in total. The van der Waals surface area contributed by atoms with Crippen LogP contribution in [0.3, 0.4) is 0 Å². The summed E-state index contributed by atoms with van der Waals surface area (Å²) in [5.41, 5.74) is 11.7. The predicted molar refractivity (Wildman–Crippen MR) is 248 cm³/mol. The van der Waals surface area contributed by atoms with Gasteiger partial charge in [-0.2, -0.15) is 9.97 Å². The fourth-order valence-electron chi connectivity index (χ4n) is 9.05. The van der Waals surface area contributed by atoms with Gasteiger partial charge in [0.05, 0.1) is 27.8 Å². The van der Waals surface area contributed by atoms with Crippen molar-refractivity contribution in [2.45, 2.75) is 0 Å². The Bertz CT molecular complexity index is 3560. The van der Waals surface area contributed by atoms with Gasteiger partial charge in [-0.25, -0.2) is 4.98 Å². The number of fused-ring (bicyclic) bond motifs is 7. The number of hydrogen-bond donors (Lipinski definition) is 0. The highest BCUT2D eigenvalue weighted by atomic mass is 15.2. The molecule has 280 valence electrons. The maximum atomic E-state index is 5.42. The van der Waals surface area contributed by atoms with Crippen molar-refractivity contribution in [2.24, 2.45) is 0 Å². The highest BCUT2D eigenvalue weighted by Gasteiger charge is 2.22. The first kappa shape index (κ1) is 33.9. The monoisotopic (exact) mass is 765 g/mol. The van der Waals surface area contributed by atoms with Crippen LogP contribution in [0.5, 0.6) is 0 Å². The molecule has 9 aromatic carbocycles. The van der Waals surface area contributed by atoms with Crippen molar-refractivity contribution >= 4 is 54.4 Å². The van der Waals surface area contributed by atoms with Crippen LogP contribution < -0.4 is 0 Å². The highest BCUT2D eigenvalue weighted by molar-refractivity contribution is 6.11. The van der Waals surface area contributed by atoms with Gasteiger partial charge in [-0.1, -0.05) is 170 Å². The Morgan fingerprint density at radius 2 is 0.817 bits per heavy atom. The van der Waals surface area contributed by atoms with Gasteiger partial charge in [-0.15, -0.1) is 0 Å². The Morgan fingerprint density at radius 3 is 1.58 bits per heavy atom. The van der Waals surface area contributed by atoms with E-state index in [4.69, 9.17) is 15.0 Å². The average molecular weight is 766 g/mol. The molecule has 0 saturated heterocycles. The Hall–Kier alpha value is -8.15. The molecule has 0 aliphatic heterocycles. The van der Waals surface area contributed by atoms with Crippen molar-refractivity contribution in [1.82, 2.24) is 24.1 Å². The van der Waals surface area contributed by atoms with Gasteiger partial charge in [0.15, 0.2) is 11.6 Å². The molecule has 3 heterocycles. The number of rotatable bonds is 6. The summed E-state index contributed by atoms with van der Waals surface area (Å²) in [5, 5.41) is 7.08. The molecule has 0 saturated carbocycles. The molecular weight excluding hydrogens is 731 g/mol. The molecule has 0 fully saturated rings. The Kier molecular flexibility index (Phi) is 7.78. The van der Waals surface area contributed by atoms with E-state index in [0.29, 0.717) is 17.6 Å². The summed E-state index contributed by atoms with van der Waals surface area (Å²) in [6.07, 6.45) is 0. The molecule has 3 aromatic heterocycles. The Balaban J connectivity index is 1.12. The molecule has 12 aromatic rings. The van der Waals surface area contributed by atoms with Crippen molar-refractivity contribution in [1.29, 1.82) is 0 Å². The molecule has 0 amide bonds. The zero-order valence-corrected chi connectivity index (χ0v) is 32.4. The normalized spacial score (nSPS) is 11.7. The molecule has 0 spiro atoms. The van der Waals surface area contributed by atoms with E-state index >= 15 is 0 Å². The van der Waals surface area contributed by atoms with Crippen LogP contribution >= 0.6 is 0 Å². The van der Waals surface area contributed by atoms with Gasteiger partial charge in [0.25, 0.3) is 0 Å². The molecule has 0 unspecified atom stereocenters. The van der Waals surface area contributed by atoms with E-state index in [-0.39, 0.29) is 0 Å². The summed E-state index contributed by atoms with van der Waals surface area (Å²) in [5.74, 6) is 1.75. The largest absolute Gasteiger partial charge is 0.308 e. The number of nitrogens with zero attached hydrogens (tertiary/aromatic N) is 5. The molecule has 60 heavy (non-hydrogen) atoms. The zero-order valence-electron chi connectivity index (χ0n) is 32.4. The SMILES string of the molecule is c1ccc(-c2ccc3c4ccccc4n(-c4ccccc4-c4nc(-c5cccc(-c6cccc7ccccc67)c5)nc(-n5c6ccccc6c6ccccc65)n4)c3c2)cc1. The topological polar surface area (TPSA) is 48.5 Å². The van der Waals surface area contributed by atoms with Crippen molar-refractivity contribution in [2.75, 3.05) is 0 Å². The minimum Gasteiger partial charge on any atom is -0.308 e. The first-order valence-corrected chi connectivity index (χ1v) is 20.3. The third kappa shape index (κ3) is 5.44. The van der Waals surface area contributed by atoms with E-state index in [1.807, 2.05) is 0 Å². The lowest BCUT2D eigenvalue weighted by atomic mass is 9.97. The minimum atomic E-state index is 0.561. The molecule has 12 rings (SSSR count). The van der Waals surface area contributed by atoms with Crippen LogP contribution in [0.25, 0.3) is 111 Å². The smallest absolute Gasteiger partial charge is 0.238 e. The summed E-state index contributed by atoms with van der Waals surface area (Å²) in [6, 6.07) is 75.1. The van der Waals surface area contributed by atoms with Gasteiger partial charge in [0, 0.05) is 32.7 Å². The molecule has 0 aliphatic rings. The van der Waals surface area contributed by atoms with E-state index < -0.39 is 0 Å². The van der Waals surface area contributed by atoms with E-state index in [1.165, 1.54) is 32.7 Å². The number of aromatic nitrogens is 5. The molecule has 5 heteroatoms. The number of hydrogen-bond acceptors (Lipinski definition) is 3. The Morgan fingerprint density at radius 1 is 0.283 bits per heavy atom. The summed E-state index contributed by atoms with van der Waals surface area (Å²) >= 11 is 0. The second kappa shape index (κ2) is 13.8. The lowest BCUT2D eigenvalue weighted by Crippen LogP contribution is -2.07. The minimum absolute atomic E-state index is 0.561. The Labute approximate surface area is 346 Å². The lowest BCUT2D eigenvalue weighted by molar-refractivity contribution is 0.952. The van der Waals surface area contributed by atoms with Gasteiger partial charge in [-0.3, -0.25) is 4.57 Å². The summed E-state index contributed by atoms with van der Waals surface area (Å²) in [4.78, 5) is 16.1. The van der Waals surface area contributed by atoms with Gasteiger partial charge < -0.3 is 4.57 Å². The van der Waals surface area contributed by atoms with Gasteiger partial charge >= 0.3 is 0 Å². The average Bonchev–Trinajstić information content (AvgIpc) is 3.84. The van der Waals surface area contributed by atoms with E-state index in [9.17, 15) is 0 Å². The standard InChI is InChI=1S/C55H35N5/c1-2-16-36(17-3-1)38-32-33-46-45-25-6-10-28-48(45)59(52(46)35-38)51-31-13-9-26-47(51)54-56-53(40-21-14-20-39(34-40)42-27-15-19-37-18-4-5-22-41(37)42)57-55(58-54)60-49-29-11-7-23-43(49)44-24-8-12-30-50(44)60/h1-35H. The first-order valence-electron chi connectivity index (χ1n) is 20.3. The van der Waals surface area contributed by atoms with Crippen LogP contribution in [0, 0.1) is 0 Å². The van der Waals surface area contributed by atoms with Crippen molar-refractivity contribution < 1.29 is 0 Å². The van der Waals surface area contributed by atoms with Crippen LogP contribution in [0.2, 0.25) is 0 Å². The molecule has 0 bridgehead atoms. The lowest BCUT2D eigenvalue weighted by Gasteiger charge is -2.16. The second-order valence-corrected chi connectivity index (χ2v) is 15.2. The van der Waals surface area contributed by atoms with Crippen LogP contribution in [-0.4, -0.2) is 24.1 Å². The summed E-state index contributed by atoms with van der Waals surface area (Å²) in [6.45, 7) is 0. The van der Waals surface area contributed by atoms with Crippen LogP contribution in [0.4, 0.5) is 0 Å². The maximum Gasteiger partial charge on any atom is 0.238 e. The second-order valence-electron chi connectivity index (χ2n) is 15.2. The number of benzene rings is 9. The molecule has 5 nitrogen and oxygen atoms in total. The van der Waals surface area contributed by atoms with E-state index in [2.05, 4.69) is 221 Å². The predicted octanol–water partition coefficient (Wildman–Crippen LogP) is 13.9. The van der Waals surface area contributed by atoms with Gasteiger partial charge in [0.2, 0.25) is 5.95 Å². The number of para-hydroxylation sites is 4. The molecule has 0 atom stereocenters. The van der Waals surface area contributed by atoms with Crippen molar-refractivity contribution in [3.05, 3.63) is 212 Å². The molecular formula is C55H35N5. The fraction of sp³-hybridized carbons (Fsp3) is 0. The van der Waals surface area contributed by atoms with E-state index in [0.717, 1.165) is 60.8 Å². The van der Waals surface area contributed by atoms with Crippen LogP contribution in [0.1, 0.15) is 0 Å². The van der Waals surface area contributed by atoms with Gasteiger partial charge in [-0.05, 0) is 75.5 Å². The quantitative estimate of drug-likeness (QED) is 0.169. The fourth-order valence-corrected chi connectivity index (χ4v) is 9.05. The zero-order chi connectivity index (χ0) is 39.6. The van der Waals surface area contributed by atoms with Crippen LogP contribution in [0.15, 0.2) is 212 Å². The summed E-state index contributed by atoms with van der Waals surface area (Å²) in [7, 11) is 0. The third-order valence-electron chi connectivity index (χ3n) is 11.8. The van der Waals surface area contributed by atoms with Crippen LogP contribution in [-0.2, 0) is 0 Å². The highest BCUT2D eigenvalue weighted by Crippen LogP contribution is 2.39. The van der Waals surface area contributed by atoms with Crippen molar-refractivity contribution in [3.8, 4) is 56.7 Å².